The second-order valence-corrected chi connectivity index (χ2v) is 15.4. The van der Waals surface area contributed by atoms with E-state index >= 15 is 0 Å². The maximum absolute atomic E-state index is 11.5. The highest BCUT2D eigenvalue weighted by Crippen LogP contribution is 2.50. The molecular weight excluding hydrogens is 707 g/mol. The summed E-state index contributed by atoms with van der Waals surface area (Å²) in [7, 11) is 1.85. The molecule has 4 rings (SSSR count). The second-order valence-electron chi connectivity index (χ2n) is 14.3. The van der Waals surface area contributed by atoms with Gasteiger partial charge in [0.25, 0.3) is 5.88 Å². The molecule has 3 atom stereocenters. The molecule has 1 unspecified atom stereocenters. The summed E-state index contributed by atoms with van der Waals surface area (Å²) in [5.41, 5.74) is 12.0. The van der Waals surface area contributed by atoms with Gasteiger partial charge in [-0.1, -0.05) is 81.7 Å². The Morgan fingerprint density at radius 1 is 1.18 bits per heavy atom. The second kappa shape index (κ2) is 23.8. The predicted octanol–water partition coefficient (Wildman–Crippen LogP) is 11.3. The van der Waals surface area contributed by atoms with Gasteiger partial charge in [0.05, 0.1) is 29.5 Å². The third-order valence-corrected chi connectivity index (χ3v) is 11.4. The normalized spacial score (nSPS) is 16.5. The van der Waals surface area contributed by atoms with Gasteiger partial charge in [-0.05, 0) is 94.0 Å². The van der Waals surface area contributed by atoms with Crippen LogP contribution in [0.4, 0.5) is 10.9 Å². The molecule has 1 aliphatic carbocycles. The van der Waals surface area contributed by atoms with Gasteiger partial charge in [0.1, 0.15) is 16.9 Å². The molecule has 1 aliphatic rings. The van der Waals surface area contributed by atoms with Crippen LogP contribution in [0.3, 0.4) is 0 Å². The number of thiophene rings is 1. The van der Waals surface area contributed by atoms with Gasteiger partial charge >= 0.3 is 0 Å². The molecule has 0 bridgehead atoms. The fourth-order valence-corrected chi connectivity index (χ4v) is 8.39. The third-order valence-electron chi connectivity index (χ3n) is 10.3. The number of Topliss-reactive ketones (excluding diaryl/α,β-unsaturated/α-hetero) is 1. The lowest BCUT2D eigenvalue weighted by atomic mass is 9.66. The molecule has 0 spiro atoms. The standard InChI is InChI=1S/C29H42N6S.C12H19NO3.C2H6.CH4/c1-8-11-17-35(19(4)9-2)28-33-16-14-23(34-28)26(32-7)21(10-3)20(5)29(6)15-12-13-24-25(29)22(18-30)27(31)36-24;1-5-6-15-11-7-10(16-13-11)12(8(2)3)9(4)14;1-2;/h14,16,19H,8-13,15,17,31H2,1-7H3;7-8,12H,5-6H2,1-4H3;1-2H3;1H4/t19-,29+;;;/m0.../s1. The number of carbonyl (C=O) groups excluding carboxylic acids is 1. The molecule has 2 N–H and O–H groups in total. The number of aryl methyl sites for hydroxylation is 1. The fraction of sp³-hybridized carbons (Fsp3) is 0.636. The molecule has 11 heteroatoms. The van der Waals surface area contributed by atoms with Crippen LogP contribution >= 0.6 is 11.3 Å². The van der Waals surface area contributed by atoms with Crippen molar-refractivity contribution in [2.45, 2.75) is 159 Å². The van der Waals surface area contributed by atoms with Crippen LogP contribution in [-0.4, -0.2) is 52.9 Å². The molecule has 3 aromatic heterocycles. The summed E-state index contributed by atoms with van der Waals surface area (Å²) in [6.07, 6.45) is 9.95. The van der Waals surface area contributed by atoms with Crippen molar-refractivity contribution >= 4 is 33.8 Å². The molecule has 55 heavy (non-hydrogen) atoms. The lowest BCUT2D eigenvalue weighted by Gasteiger charge is -2.37. The number of anilines is 2. The number of ketones is 1. The van der Waals surface area contributed by atoms with Crippen LogP contribution < -0.4 is 15.4 Å². The molecule has 0 saturated heterocycles. The molecule has 0 radical (unpaired) electrons. The van der Waals surface area contributed by atoms with Crippen molar-refractivity contribution in [3.05, 3.63) is 56.9 Å². The highest BCUT2D eigenvalue weighted by Gasteiger charge is 2.40. The number of nitrogens with zero attached hydrogens (tertiary/aromatic N) is 6. The van der Waals surface area contributed by atoms with Crippen LogP contribution in [0, 0.1) is 17.2 Å². The molecule has 0 aromatic carbocycles. The maximum Gasteiger partial charge on any atom is 0.254 e. The number of rotatable bonds is 16. The zero-order valence-electron chi connectivity index (χ0n) is 35.4. The number of hydrogen-bond acceptors (Lipinski definition) is 11. The summed E-state index contributed by atoms with van der Waals surface area (Å²) in [4.78, 5) is 29.5. The van der Waals surface area contributed by atoms with E-state index in [0.29, 0.717) is 34.9 Å². The minimum atomic E-state index is -0.256. The fourth-order valence-electron chi connectivity index (χ4n) is 7.19. The van der Waals surface area contributed by atoms with Gasteiger partial charge in [-0.25, -0.2) is 9.97 Å². The number of unbranched alkanes of at least 4 members (excludes halogenated alkanes) is 1. The molecular formula is C44H71N7O3S. The van der Waals surface area contributed by atoms with E-state index in [4.69, 9.17) is 25.0 Å². The first-order chi connectivity index (χ1) is 25.8. The van der Waals surface area contributed by atoms with Gasteiger partial charge in [-0.2, -0.15) is 5.26 Å². The number of fused-ring (bicyclic) bond motifs is 1. The van der Waals surface area contributed by atoms with Crippen molar-refractivity contribution in [1.82, 2.24) is 15.1 Å². The van der Waals surface area contributed by atoms with Crippen molar-refractivity contribution in [3.63, 3.8) is 0 Å². The van der Waals surface area contributed by atoms with E-state index in [1.54, 1.807) is 24.3 Å². The van der Waals surface area contributed by atoms with Gasteiger partial charge in [0, 0.05) is 42.2 Å². The van der Waals surface area contributed by atoms with Crippen molar-refractivity contribution in [2.75, 3.05) is 30.8 Å². The van der Waals surface area contributed by atoms with Crippen LogP contribution in [-0.2, 0) is 16.6 Å². The lowest BCUT2D eigenvalue weighted by molar-refractivity contribution is -0.119. The van der Waals surface area contributed by atoms with E-state index in [1.165, 1.54) is 16.0 Å². The summed E-state index contributed by atoms with van der Waals surface area (Å²) < 4.78 is 10.5. The monoisotopic (exact) mass is 778 g/mol. The minimum absolute atomic E-state index is 0. The number of hydrogen-bond donors (Lipinski definition) is 1. The number of ether oxygens (including phenoxy) is 1. The Hall–Kier alpha value is -4.04. The van der Waals surface area contributed by atoms with Crippen LogP contribution in [0.5, 0.6) is 5.88 Å². The first-order valence-electron chi connectivity index (χ1n) is 20.0. The summed E-state index contributed by atoms with van der Waals surface area (Å²) in [5, 5.41) is 14.4. The summed E-state index contributed by atoms with van der Waals surface area (Å²) in [6.45, 7) is 26.4. The smallest absolute Gasteiger partial charge is 0.254 e. The van der Waals surface area contributed by atoms with E-state index in [9.17, 15) is 10.1 Å². The Bertz CT molecular complexity index is 1730. The number of aromatic nitrogens is 3. The van der Waals surface area contributed by atoms with Gasteiger partial charge in [0.2, 0.25) is 5.95 Å². The van der Waals surface area contributed by atoms with Crippen LogP contribution in [0.15, 0.2) is 39.0 Å². The molecule has 0 amide bonds. The first-order valence-corrected chi connectivity index (χ1v) is 20.8. The van der Waals surface area contributed by atoms with Crippen molar-refractivity contribution in [3.8, 4) is 11.9 Å². The molecule has 3 aromatic rings. The third kappa shape index (κ3) is 12.0. The number of allylic oxidation sites excluding steroid dienone is 2. The molecule has 3 heterocycles. The topological polar surface area (TPSA) is 144 Å². The van der Waals surface area contributed by atoms with Crippen molar-refractivity contribution in [1.29, 1.82) is 5.26 Å². The maximum atomic E-state index is 11.5. The van der Waals surface area contributed by atoms with Crippen LogP contribution in [0.2, 0.25) is 0 Å². The Labute approximate surface area is 337 Å². The number of nitrogens with two attached hydrogens (primary N) is 1. The van der Waals surface area contributed by atoms with Crippen molar-refractivity contribution in [2.24, 2.45) is 10.9 Å². The van der Waals surface area contributed by atoms with E-state index in [0.717, 1.165) is 80.8 Å². The van der Waals surface area contributed by atoms with E-state index < -0.39 is 0 Å². The Kier molecular flexibility index (Phi) is 21.2. The molecule has 306 valence electrons. The van der Waals surface area contributed by atoms with E-state index in [-0.39, 0.29) is 30.5 Å². The number of nitriles is 1. The Morgan fingerprint density at radius 3 is 2.42 bits per heavy atom. The van der Waals surface area contributed by atoms with Crippen LogP contribution in [0.1, 0.15) is 169 Å². The van der Waals surface area contributed by atoms with Gasteiger partial charge in [-0.15, -0.1) is 11.3 Å². The van der Waals surface area contributed by atoms with Gasteiger partial charge in [-0.3, -0.25) is 9.79 Å². The lowest BCUT2D eigenvalue weighted by Crippen LogP contribution is -2.35. The number of aliphatic imine (C=N–C) groups is 1. The zero-order chi connectivity index (χ0) is 40.6. The van der Waals surface area contributed by atoms with Gasteiger partial charge in [0.15, 0.2) is 5.76 Å². The SMILES string of the molecule is C.CC.CCCCN(c1nccc(C(=NC)C(CC)=C(C)[C@@]2(C)CCCc3sc(N)c(C#N)c32)n1)[C@@H](C)CC.CCCOc1cc(C(C(C)=O)C(C)C)on1. The van der Waals surface area contributed by atoms with Gasteiger partial charge < -0.3 is 19.9 Å². The predicted molar refractivity (Wildman–Crippen MR) is 232 cm³/mol. The number of nitrogen functional groups attached to an aromatic ring is 1. The Balaban J connectivity index is 0.000000668. The minimum Gasteiger partial charge on any atom is -0.476 e. The summed E-state index contributed by atoms with van der Waals surface area (Å²) >= 11 is 1.58. The number of carbonyl (C=O) groups is 1. The van der Waals surface area contributed by atoms with Crippen molar-refractivity contribution < 1.29 is 14.1 Å². The first kappa shape index (κ1) is 49.0. The zero-order valence-corrected chi connectivity index (χ0v) is 36.2. The molecule has 0 saturated carbocycles. The van der Waals surface area contributed by atoms with E-state index in [1.807, 2.05) is 53.9 Å². The summed E-state index contributed by atoms with van der Waals surface area (Å²) in [6, 6.07) is 6.45. The quantitative estimate of drug-likeness (QED) is 0.141. The highest BCUT2D eigenvalue weighted by atomic mass is 32.1. The molecule has 0 aliphatic heterocycles. The molecule has 0 fully saturated rings. The van der Waals surface area contributed by atoms with E-state index in [2.05, 4.69) is 62.7 Å². The largest absolute Gasteiger partial charge is 0.476 e. The highest BCUT2D eigenvalue weighted by molar-refractivity contribution is 7.16. The molecule has 10 nitrogen and oxygen atoms in total. The average Bonchev–Trinajstić information content (AvgIpc) is 3.77. The Morgan fingerprint density at radius 2 is 1.87 bits per heavy atom. The van der Waals surface area contributed by atoms with Crippen LogP contribution in [0.25, 0.3) is 0 Å². The summed E-state index contributed by atoms with van der Waals surface area (Å²) in [5.74, 6) is 1.88. The average molecular weight is 778 g/mol.